The maximum atomic E-state index is 13.8. The SMILES string of the molecule is CCNC(=NCc1ccc(C(=O)NC(C)CC)cc1)NCc1cc(F)ccc1F. The number of hydrogen-bond donors (Lipinski definition) is 3. The van der Waals surface area contributed by atoms with Crippen LogP contribution in [-0.4, -0.2) is 24.5 Å². The third-order valence-corrected chi connectivity index (χ3v) is 4.42. The number of amides is 1. The molecule has 0 fully saturated rings. The summed E-state index contributed by atoms with van der Waals surface area (Å²) in [6, 6.07) is 10.7. The minimum atomic E-state index is -0.484. The van der Waals surface area contributed by atoms with Gasteiger partial charge < -0.3 is 16.0 Å². The zero-order valence-electron chi connectivity index (χ0n) is 17.1. The number of nitrogens with one attached hydrogen (secondary N) is 3. The third kappa shape index (κ3) is 7.18. The second-order valence-electron chi connectivity index (χ2n) is 6.76. The van der Waals surface area contributed by atoms with Crippen molar-refractivity contribution in [2.75, 3.05) is 6.54 Å². The van der Waals surface area contributed by atoms with Crippen molar-refractivity contribution in [3.63, 3.8) is 0 Å². The van der Waals surface area contributed by atoms with Gasteiger partial charge in [-0.3, -0.25) is 4.79 Å². The lowest BCUT2D eigenvalue weighted by atomic mass is 10.1. The number of carbonyl (C=O) groups is 1. The Morgan fingerprint density at radius 2 is 1.79 bits per heavy atom. The summed E-state index contributed by atoms with van der Waals surface area (Å²) >= 11 is 0. The predicted molar refractivity (Wildman–Crippen MR) is 112 cm³/mol. The average Bonchev–Trinajstić information content (AvgIpc) is 2.72. The van der Waals surface area contributed by atoms with E-state index in [1.165, 1.54) is 0 Å². The summed E-state index contributed by atoms with van der Waals surface area (Å²) in [5, 5.41) is 9.00. The molecule has 0 aromatic heterocycles. The Morgan fingerprint density at radius 3 is 2.45 bits per heavy atom. The average molecular weight is 402 g/mol. The first kappa shape index (κ1) is 22.3. The quantitative estimate of drug-likeness (QED) is 0.465. The standard InChI is InChI=1S/C22H28F2N4O/c1-4-15(3)28-21(29)17-8-6-16(7-9-17)13-26-22(25-5-2)27-14-18-12-19(23)10-11-20(18)24/h6-12,15H,4-5,13-14H2,1-3H3,(H,28,29)(H2,25,26,27). The zero-order valence-corrected chi connectivity index (χ0v) is 17.1. The highest BCUT2D eigenvalue weighted by atomic mass is 19.1. The first-order chi connectivity index (χ1) is 13.9. The maximum absolute atomic E-state index is 13.8. The van der Waals surface area contributed by atoms with Gasteiger partial charge in [0, 0.05) is 30.3 Å². The molecule has 156 valence electrons. The first-order valence-corrected chi connectivity index (χ1v) is 9.78. The van der Waals surface area contributed by atoms with Gasteiger partial charge in [0.25, 0.3) is 5.91 Å². The van der Waals surface area contributed by atoms with Gasteiger partial charge in [-0.2, -0.15) is 0 Å². The minimum absolute atomic E-state index is 0.0958. The van der Waals surface area contributed by atoms with Gasteiger partial charge in [0.05, 0.1) is 6.54 Å². The lowest BCUT2D eigenvalue weighted by Gasteiger charge is -2.12. The van der Waals surface area contributed by atoms with Gasteiger partial charge in [0.15, 0.2) is 5.96 Å². The number of aliphatic imine (C=N–C) groups is 1. The molecular weight excluding hydrogens is 374 g/mol. The van der Waals surface area contributed by atoms with Crippen molar-refractivity contribution >= 4 is 11.9 Å². The van der Waals surface area contributed by atoms with E-state index in [4.69, 9.17) is 0 Å². The Labute approximate surface area is 170 Å². The molecule has 2 rings (SSSR count). The number of hydrogen-bond acceptors (Lipinski definition) is 2. The van der Waals surface area contributed by atoms with E-state index in [9.17, 15) is 13.6 Å². The molecule has 0 spiro atoms. The predicted octanol–water partition coefficient (Wildman–Crippen LogP) is 3.75. The molecule has 1 atom stereocenters. The number of rotatable bonds is 8. The normalized spacial score (nSPS) is 12.4. The van der Waals surface area contributed by atoms with Crippen molar-refractivity contribution < 1.29 is 13.6 Å². The zero-order chi connectivity index (χ0) is 21.2. The minimum Gasteiger partial charge on any atom is -0.357 e. The van der Waals surface area contributed by atoms with Crippen LogP contribution in [0.25, 0.3) is 0 Å². The summed E-state index contributed by atoms with van der Waals surface area (Å²) in [6.07, 6.45) is 0.873. The molecule has 0 radical (unpaired) electrons. The fourth-order valence-corrected chi connectivity index (χ4v) is 2.54. The van der Waals surface area contributed by atoms with Gasteiger partial charge in [-0.1, -0.05) is 19.1 Å². The van der Waals surface area contributed by atoms with Gasteiger partial charge in [-0.25, -0.2) is 13.8 Å². The fraction of sp³-hybridized carbons (Fsp3) is 0.364. The molecule has 5 nitrogen and oxygen atoms in total. The van der Waals surface area contributed by atoms with Gasteiger partial charge >= 0.3 is 0 Å². The molecule has 2 aromatic carbocycles. The van der Waals surface area contributed by atoms with E-state index < -0.39 is 11.6 Å². The van der Waals surface area contributed by atoms with Crippen molar-refractivity contribution in [3.05, 3.63) is 70.8 Å². The van der Waals surface area contributed by atoms with Crippen LogP contribution < -0.4 is 16.0 Å². The molecule has 0 saturated heterocycles. The highest BCUT2D eigenvalue weighted by molar-refractivity contribution is 5.94. The van der Waals surface area contributed by atoms with E-state index in [1.54, 1.807) is 12.1 Å². The van der Waals surface area contributed by atoms with E-state index in [-0.39, 0.29) is 24.1 Å². The summed E-state index contributed by atoms with van der Waals surface area (Å²) in [5.41, 5.74) is 1.76. The van der Waals surface area contributed by atoms with Crippen molar-refractivity contribution in [1.29, 1.82) is 0 Å². The smallest absolute Gasteiger partial charge is 0.251 e. The van der Waals surface area contributed by atoms with Crippen LogP contribution in [0.1, 0.15) is 48.7 Å². The topological polar surface area (TPSA) is 65.5 Å². The van der Waals surface area contributed by atoms with Gasteiger partial charge in [-0.05, 0) is 56.2 Å². The van der Waals surface area contributed by atoms with Crippen LogP contribution in [0, 0.1) is 11.6 Å². The van der Waals surface area contributed by atoms with Crippen LogP contribution in [-0.2, 0) is 13.1 Å². The number of nitrogens with zero attached hydrogens (tertiary/aromatic N) is 1. The van der Waals surface area contributed by atoms with Crippen molar-refractivity contribution in [2.45, 2.75) is 46.3 Å². The largest absolute Gasteiger partial charge is 0.357 e. The summed E-state index contributed by atoms with van der Waals surface area (Å²) in [7, 11) is 0. The number of benzene rings is 2. The van der Waals surface area contributed by atoms with Crippen LogP contribution in [0.15, 0.2) is 47.5 Å². The van der Waals surface area contributed by atoms with E-state index in [2.05, 4.69) is 20.9 Å². The van der Waals surface area contributed by atoms with E-state index in [0.29, 0.717) is 24.6 Å². The first-order valence-electron chi connectivity index (χ1n) is 9.78. The number of guanidine groups is 1. The Balaban J connectivity index is 1.98. The molecule has 0 aliphatic rings. The summed E-state index contributed by atoms with van der Waals surface area (Å²) in [6.45, 7) is 7.03. The van der Waals surface area contributed by atoms with E-state index >= 15 is 0 Å². The van der Waals surface area contributed by atoms with Crippen LogP contribution in [0.2, 0.25) is 0 Å². The molecule has 0 heterocycles. The van der Waals surface area contributed by atoms with E-state index in [1.807, 2.05) is 32.9 Å². The molecule has 0 saturated carbocycles. The van der Waals surface area contributed by atoms with Crippen molar-refractivity contribution in [2.24, 2.45) is 4.99 Å². The molecule has 1 unspecified atom stereocenters. The Bertz CT molecular complexity index is 837. The molecular formula is C22H28F2N4O. The summed E-state index contributed by atoms with van der Waals surface area (Å²) in [5.74, 6) is -0.556. The molecule has 29 heavy (non-hydrogen) atoms. The van der Waals surface area contributed by atoms with Crippen LogP contribution in [0.4, 0.5) is 8.78 Å². The summed E-state index contributed by atoms with van der Waals surface area (Å²) < 4.78 is 27.1. The third-order valence-electron chi connectivity index (χ3n) is 4.42. The second-order valence-corrected chi connectivity index (χ2v) is 6.76. The number of carbonyl (C=O) groups excluding carboxylic acids is 1. The molecule has 0 aliphatic carbocycles. The molecule has 3 N–H and O–H groups in total. The van der Waals surface area contributed by atoms with Crippen LogP contribution >= 0.6 is 0 Å². The molecule has 7 heteroatoms. The number of halogens is 2. The highest BCUT2D eigenvalue weighted by Gasteiger charge is 2.08. The Morgan fingerprint density at radius 1 is 1.07 bits per heavy atom. The molecule has 0 aliphatic heterocycles. The van der Waals surface area contributed by atoms with Crippen LogP contribution in [0.5, 0.6) is 0 Å². The fourth-order valence-electron chi connectivity index (χ4n) is 2.54. The monoisotopic (exact) mass is 402 g/mol. The van der Waals surface area contributed by atoms with E-state index in [0.717, 1.165) is 30.2 Å². The Kier molecular flexibility index (Phi) is 8.58. The Hall–Kier alpha value is -2.96. The van der Waals surface area contributed by atoms with Crippen molar-refractivity contribution in [3.8, 4) is 0 Å². The summed E-state index contributed by atoms with van der Waals surface area (Å²) in [4.78, 5) is 16.6. The van der Waals surface area contributed by atoms with Crippen LogP contribution in [0.3, 0.4) is 0 Å². The molecule has 0 bridgehead atoms. The van der Waals surface area contributed by atoms with Gasteiger partial charge in [0.2, 0.25) is 0 Å². The molecule has 2 aromatic rings. The second kappa shape index (κ2) is 11.1. The lowest BCUT2D eigenvalue weighted by molar-refractivity contribution is 0.0939. The lowest BCUT2D eigenvalue weighted by Crippen LogP contribution is -2.37. The van der Waals surface area contributed by atoms with Crippen molar-refractivity contribution in [1.82, 2.24) is 16.0 Å². The molecule has 1 amide bonds. The highest BCUT2D eigenvalue weighted by Crippen LogP contribution is 2.10. The maximum Gasteiger partial charge on any atom is 0.251 e. The van der Waals surface area contributed by atoms with Gasteiger partial charge in [-0.15, -0.1) is 0 Å². The van der Waals surface area contributed by atoms with Gasteiger partial charge in [0.1, 0.15) is 11.6 Å².